The molecule has 0 spiro atoms. The number of piperazine rings is 1. The van der Waals surface area contributed by atoms with Gasteiger partial charge in [-0.1, -0.05) is 13.8 Å². The molecule has 0 bridgehead atoms. The van der Waals surface area contributed by atoms with Crippen molar-refractivity contribution in [2.75, 3.05) is 32.7 Å². The molecule has 0 unspecified atom stereocenters. The number of nitrogens with one attached hydrogen (secondary N) is 1. The summed E-state index contributed by atoms with van der Waals surface area (Å²) in [6.07, 6.45) is 2.54. The van der Waals surface area contributed by atoms with Crippen LogP contribution in [0.4, 0.5) is 0 Å². The predicted octanol–water partition coefficient (Wildman–Crippen LogP) is 0.871. The van der Waals surface area contributed by atoms with E-state index in [1.54, 1.807) is 0 Å². The van der Waals surface area contributed by atoms with Gasteiger partial charge in [-0.2, -0.15) is 0 Å². The number of nitrogens with two attached hydrogens (primary N) is 1. The molecule has 1 heterocycles. The predicted molar refractivity (Wildman–Crippen MR) is 88.8 cm³/mol. The molecule has 6 nitrogen and oxygen atoms in total. The van der Waals surface area contributed by atoms with E-state index in [1.165, 1.54) is 6.92 Å². The van der Waals surface area contributed by atoms with Gasteiger partial charge in [0.1, 0.15) is 6.54 Å². The summed E-state index contributed by atoms with van der Waals surface area (Å²) in [5.41, 5.74) is 7.78. The van der Waals surface area contributed by atoms with Gasteiger partial charge in [0, 0.05) is 38.8 Å². The third-order valence-corrected chi connectivity index (χ3v) is 3.77. The van der Waals surface area contributed by atoms with Crippen molar-refractivity contribution in [2.24, 2.45) is 10.7 Å². The molecule has 124 valence electrons. The zero-order chi connectivity index (χ0) is 16.5. The van der Waals surface area contributed by atoms with E-state index < -0.39 is 0 Å². The van der Waals surface area contributed by atoms with Crippen molar-refractivity contribution in [3.8, 4) is 0 Å². The van der Waals surface area contributed by atoms with Crippen molar-refractivity contribution >= 4 is 17.4 Å². The Kier molecular flexibility index (Phi) is 7.80. The molecule has 22 heavy (non-hydrogen) atoms. The van der Waals surface area contributed by atoms with E-state index in [2.05, 4.69) is 10.3 Å². The van der Waals surface area contributed by atoms with E-state index >= 15 is 0 Å². The number of hydrogen-bond donors (Lipinski definition) is 2. The maximum Gasteiger partial charge on any atom is 0.244 e. The van der Waals surface area contributed by atoms with E-state index in [-0.39, 0.29) is 18.2 Å². The summed E-state index contributed by atoms with van der Waals surface area (Å²) in [5, 5.41) is 3.21. The maximum atomic E-state index is 12.0. The van der Waals surface area contributed by atoms with Gasteiger partial charge < -0.3 is 16.0 Å². The van der Waals surface area contributed by atoms with Crippen molar-refractivity contribution in [1.29, 1.82) is 0 Å². The van der Waals surface area contributed by atoms with Crippen LogP contribution < -0.4 is 11.1 Å². The molecule has 1 aliphatic heterocycles. The molecule has 0 aromatic heterocycles. The fraction of sp³-hybridized carbons (Fsp3) is 0.688. The number of rotatable bonds is 3. The summed E-state index contributed by atoms with van der Waals surface area (Å²) >= 11 is 0. The first kappa shape index (κ1) is 18.4. The number of carbonyl (C=O) groups excluding carboxylic acids is 2. The highest BCUT2D eigenvalue weighted by atomic mass is 16.2. The van der Waals surface area contributed by atoms with Gasteiger partial charge >= 0.3 is 0 Å². The van der Waals surface area contributed by atoms with Crippen LogP contribution in [-0.4, -0.2) is 55.0 Å². The Bertz CT molecular complexity index is 463. The number of hydrogen-bond acceptors (Lipinski definition) is 5. The second-order valence-electron chi connectivity index (χ2n) is 5.20. The number of amides is 1. The normalized spacial score (nSPS) is 22.1. The van der Waals surface area contributed by atoms with Gasteiger partial charge in [-0.05, 0) is 24.8 Å². The van der Waals surface area contributed by atoms with Gasteiger partial charge in [0.25, 0.3) is 0 Å². The quantitative estimate of drug-likeness (QED) is 0.757. The van der Waals surface area contributed by atoms with E-state index in [4.69, 9.17) is 5.73 Å². The lowest BCUT2D eigenvalue weighted by Gasteiger charge is -2.26. The zero-order valence-electron chi connectivity index (χ0n) is 13.9. The van der Waals surface area contributed by atoms with Crippen LogP contribution in [0.2, 0.25) is 0 Å². The topological polar surface area (TPSA) is 87.8 Å². The molecule has 0 aromatic carbocycles. The van der Waals surface area contributed by atoms with Crippen molar-refractivity contribution in [3.63, 3.8) is 0 Å². The van der Waals surface area contributed by atoms with E-state index in [9.17, 15) is 9.59 Å². The van der Waals surface area contributed by atoms with E-state index in [0.717, 1.165) is 56.7 Å². The second kappa shape index (κ2) is 9.35. The van der Waals surface area contributed by atoms with Crippen LogP contribution in [0.5, 0.6) is 0 Å². The van der Waals surface area contributed by atoms with Gasteiger partial charge in [0.15, 0.2) is 5.78 Å². The molecule has 2 rings (SSSR count). The molecule has 0 radical (unpaired) electrons. The maximum absolute atomic E-state index is 12.0. The molecular formula is C16H28N4O2. The Balaban J connectivity index is 0.00000116. The number of Topliss-reactive ketones (excluding diaryl/α,β-unsaturated/α-hetero) is 1. The largest absolute Gasteiger partial charge is 0.396 e. The molecular weight excluding hydrogens is 280 g/mol. The highest BCUT2D eigenvalue weighted by Crippen LogP contribution is 2.23. The summed E-state index contributed by atoms with van der Waals surface area (Å²) < 4.78 is 0. The first-order valence-electron chi connectivity index (χ1n) is 8.11. The Hall–Kier alpha value is -1.69. The van der Waals surface area contributed by atoms with Crippen molar-refractivity contribution in [1.82, 2.24) is 10.2 Å². The van der Waals surface area contributed by atoms with Crippen LogP contribution in [-0.2, 0) is 9.59 Å². The van der Waals surface area contributed by atoms with Crippen LogP contribution in [0.15, 0.2) is 16.3 Å². The van der Waals surface area contributed by atoms with Crippen LogP contribution in [0.3, 0.4) is 0 Å². The summed E-state index contributed by atoms with van der Waals surface area (Å²) in [6, 6.07) is 0. The third-order valence-electron chi connectivity index (χ3n) is 3.77. The number of allylic oxidation sites excluding steroid dienone is 2. The molecule has 0 atom stereocenters. The fourth-order valence-electron chi connectivity index (χ4n) is 2.58. The minimum Gasteiger partial charge on any atom is -0.396 e. The summed E-state index contributed by atoms with van der Waals surface area (Å²) in [5.74, 6) is -0.0744. The van der Waals surface area contributed by atoms with Gasteiger partial charge in [-0.15, -0.1) is 0 Å². The first-order valence-corrected chi connectivity index (χ1v) is 8.11. The lowest BCUT2D eigenvalue weighted by Crippen LogP contribution is -2.47. The molecule has 1 saturated heterocycles. The third kappa shape index (κ3) is 4.94. The fourth-order valence-corrected chi connectivity index (χ4v) is 2.58. The molecule has 0 aromatic rings. The molecule has 1 saturated carbocycles. The molecule has 2 aliphatic rings. The Morgan fingerprint density at radius 3 is 2.45 bits per heavy atom. The monoisotopic (exact) mass is 308 g/mol. The zero-order valence-corrected chi connectivity index (χ0v) is 13.9. The Morgan fingerprint density at radius 2 is 1.86 bits per heavy atom. The number of nitrogens with zero attached hydrogens (tertiary/aromatic N) is 2. The SMILES string of the molecule is CC.CC(=O)/C(N)=C1\CCCC1=NCC(=O)N1CCNCC1. The van der Waals surface area contributed by atoms with Crippen molar-refractivity contribution in [3.05, 3.63) is 11.3 Å². The van der Waals surface area contributed by atoms with Crippen LogP contribution in [0.1, 0.15) is 40.0 Å². The van der Waals surface area contributed by atoms with Crippen LogP contribution in [0.25, 0.3) is 0 Å². The lowest BCUT2D eigenvalue weighted by molar-refractivity contribution is -0.130. The first-order chi connectivity index (χ1) is 10.6. The summed E-state index contributed by atoms with van der Waals surface area (Å²) in [7, 11) is 0. The smallest absolute Gasteiger partial charge is 0.244 e. The van der Waals surface area contributed by atoms with Crippen molar-refractivity contribution < 1.29 is 9.59 Å². The van der Waals surface area contributed by atoms with E-state index in [1.807, 2.05) is 18.7 Å². The average Bonchev–Trinajstić information content (AvgIpc) is 3.02. The molecule has 3 N–H and O–H groups in total. The minimum absolute atomic E-state index is 0.0478. The number of aliphatic imine (C=N–C) groups is 1. The average molecular weight is 308 g/mol. The molecule has 2 fully saturated rings. The van der Waals surface area contributed by atoms with Gasteiger partial charge in [-0.25, -0.2) is 0 Å². The molecule has 1 amide bonds. The van der Waals surface area contributed by atoms with Crippen molar-refractivity contribution in [2.45, 2.75) is 40.0 Å². The van der Waals surface area contributed by atoms with Gasteiger partial charge in [-0.3, -0.25) is 14.6 Å². The minimum atomic E-state index is -0.122. The van der Waals surface area contributed by atoms with Crippen LogP contribution in [0, 0.1) is 0 Å². The standard InChI is InChI=1S/C14H22N4O2.C2H6/c1-10(19)14(15)11-3-2-4-12(11)17-9-13(20)18-7-5-16-6-8-18;1-2/h16H,2-9,15H2,1H3;1-2H3/b14-11-,17-12?;. The Labute approximate surface area is 132 Å². The number of carbonyl (C=O) groups is 2. The molecule has 1 aliphatic carbocycles. The molecule has 6 heteroatoms. The summed E-state index contributed by atoms with van der Waals surface area (Å²) in [6.45, 7) is 8.77. The lowest BCUT2D eigenvalue weighted by atomic mass is 10.1. The highest BCUT2D eigenvalue weighted by Gasteiger charge is 2.21. The van der Waals surface area contributed by atoms with Crippen LogP contribution >= 0.6 is 0 Å². The summed E-state index contributed by atoms with van der Waals surface area (Å²) in [4.78, 5) is 29.6. The van der Waals surface area contributed by atoms with Gasteiger partial charge in [0.05, 0.1) is 5.70 Å². The Morgan fingerprint density at radius 1 is 1.23 bits per heavy atom. The second-order valence-corrected chi connectivity index (χ2v) is 5.20. The number of ketones is 1. The van der Waals surface area contributed by atoms with E-state index in [0.29, 0.717) is 5.70 Å². The highest BCUT2D eigenvalue weighted by molar-refractivity contribution is 6.09. The van der Waals surface area contributed by atoms with Gasteiger partial charge in [0.2, 0.25) is 5.91 Å².